The number of amides is 1. The molecule has 0 bridgehead atoms. The van der Waals surface area contributed by atoms with Gasteiger partial charge in [0.1, 0.15) is 0 Å². The summed E-state index contributed by atoms with van der Waals surface area (Å²) in [6.07, 6.45) is 1.59. The highest BCUT2D eigenvalue weighted by atomic mass is 79.9. The molecule has 1 unspecified atom stereocenters. The standard InChI is InChI=1S/C11H15BrN2OS/c1-7-4-9(16-11(7)12)6-13-8-2-3-10(15)14-5-8/h4,8,13H,2-3,5-6H2,1H3,(H,14,15). The first kappa shape index (κ1) is 12.1. The molecule has 88 valence electrons. The number of thiophene rings is 1. The van der Waals surface area contributed by atoms with E-state index >= 15 is 0 Å². The summed E-state index contributed by atoms with van der Waals surface area (Å²) in [6, 6.07) is 2.61. The molecule has 1 aromatic rings. The number of carbonyl (C=O) groups excluding carboxylic acids is 1. The molecule has 1 saturated heterocycles. The molecule has 1 aromatic heterocycles. The fraction of sp³-hybridized carbons (Fsp3) is 0.545. The topological polar surface area (TPSA) is 41.1 Å². The lowest BCUT2D eigenvalue weighted by Gasteiger charge is -2.23. The molecule has 2 rings (SSSR count). The Kier molecular flexibility index (Phi) is 4.00. The van der Waals surface area contributed by atoms with Gasteiger partial charge in [-0.2, -0.15) is 0 Å². The number of hydrogen-bond acceptors (Lipinski definition) is 3. The van der Waals surface area contributed by atoms with Crippen LogP contribution in [-0.2, 0) is 11.3 Å². The van der Waals surface area contributed by atoms with E-state index in [9.17, 15) is 4.79 Å². The number of aryl methyl sites for hydroxylation is 1. The van der Waals surface area contributed by atoms with Crippen LogP contribution >= 0.6 is 27.3 Å². The molecular formula is C11H15BrN2OS. The fourth-order valence-corrected chi connectivity index (χ4v) is 3.34. The first-order valence-electron chi connectivity index (χ1n) is 5.40. The average molecular weight is 303 g/mol. The smallest absolute Gasteiger partial charge is 0.220 e. The zero-order chi connectivity index (χ0) is 11.5. The summed E-state index contributed by atoms with van der Waals surface area (Å²) < 4.78 is 1.21. The van der Waals surface area contributed by atoms with Crippen LogP contribution in [0.25, 0.3) is 0 Å². The fourth-order valence-electron chi connectivity index (χ4n) is 1.76. The molecule has 3 nitrogen and oxygen atoms in total. The summed E-state index contributed by atoms with van der Waals surface area (Å²) in [5, 5.41) is 6.35. The summed E-state index contributed by atoms with van der Waals surface area (Å²) in [5.74, 6) is 0.174. The molecule has 0 spiro atoms. The Morgan fingerprint density at radius 3 is 3.06 bits per heavy atom. The van der Waals surface area contributed by atoms with Gasteiger partial charge in [-0.1, -0.05) is 0 Å². The largest absolute Gasteiger partial charge is 0.355 e. The van der Waals surface area contributed by atoms with Crippen LogP contribution < -0.4 is 10.6 Å². The Morgan fingerprint density at radius 1 is 1.69 bits per heavy atom. The molecule has 0 aromatic carbocycles. The van der Waals surface area contributed by atoms with E-state index in [2.05, 4.69) is 39.6 Å². The zero-order valence-electron chi connectivity index (χ0n) is 9.18. The monoisotopic (exact) mass is 302 g/mol. The second-order valence-electron chi connectivity index (χ2n) is 4.09. The van der Waals surface area contributed by atoms with Crippen molar-refractivity contribution in [3.63, 3.8) is 0 Å². The molecule has 1 fully saturated rings. The average Bonchev–Trinajstić information content (AvgIpc) is 2.58. The summed E-state index contributed by atoms with van der Waals surface area (Å²) in [4.78, 5) is 12.3. The predicted octanol–water partition coefficient (Wildman–Crippen LogP) is 2.19. The summed E-state index contributed by atoms with van der Waals surface area (Å²) in [6.45, 7) is 3.74. The second-order valence-corrected chi connectivity index (χ2v) is 6.54. The van der Waals surface area contributed by atoms with Crippen LogP contribution in [0, 0.1) is 6.92 Å². The third kappa shape index (κ3) is 3.06. The van der Waals surface area contributed by atoms with Gasteiger partial charge in [0.25, 0.3) is 0 Å². The Bertz CT molecular complexity index is 362. The molecule has 1 aliphatic heterocycles. The number of hydrogen-bond donors (Lipinski definition) is 2. The van der Waals surface area contributed by atoms with E-state index in [1.54, 1.807) is 11.3 Å². The van der Waals surface area contributed by atoms with Crippen LogP contribution in [0.5, 0.6) is 0 Å². The van der Waals surface area contributed by atoms with Gasteiger partial charge in [-0.05, 0) is 40.9 Å². The van der Waals surface area contributed by atoms with E-state index in [0.29, 0.717) is 12.5 Å². The maximum absolute atomic E-state index is 11.0. The van der Waals surface area contributed by atoms with Crippen molar-refractivity contribution in [2.45, 2.75) is 32.4 Å². The van der Waals surface area contributed by atoms with Crippen molar-refractivity contribution in [3.05, 3.63) is 20.3 Å². The van der Waals surface area contributed by atoms with Gasteiger partial charge in [0, 0.05) is 30.4 Å². The van der Waals surface area contributed by atoms with Crippen LogP contribution in [0.3, 0.4) is 0 Å². The molecular weight excluding hydrogens is 288 g/mol. The highest BCUT2D eigenvalue weighted by molar-refractivity contribution is 9.11. The van der Waals surface area contributed by atoms with E-state index in [1.807, 2.05) is 0 Å². The van der Waals surface area contributed by atoms with Gasteiger partial charge in [0.05, 0.1) is 3.79 Å². The molecule has 1 atom stereocenters. The Balaban J connectivity index is 1.81. The third-order valence-electron chi connectivity index (χ3n) is 2.74. The molecule has 1 amide bonds. The molecule has 0 radical (unpaired) electrons. The lowest BCUT2D eigenvalue weighted by atomic mass is 10.1. The predicted molar refractivity (Wildman–Crippen MR) is 69.6 cm³/mol. The van der Waals surface area contributed by atoms with E-state index in [1.165, 1.54) is 14.2 Å². The molecule has 1 aliphatic rings. The number of piperidine rings is 1. The highest BCUT2D eigenvalue weighted by Crippen LogP contribution is 2.27. The summed E-state index contributed by atoms with van der Waals surface area (Å²) >= 11 is 5.29. The summed E-state index contributed by atoms with van der Waals surface area (Å²) in [5.41, 5.74) is 1.29. The van der Waals surface area contributed by atoms with Crippen LogP contribution in [0.15, 0.2) is 9.85 Å². The van der Waals surface area contributed by atoms with Crippen LogP contribution in [0.2, 0.25) is 0 Å². The zero-order valence-corrected chi connectivity index (χ0v) is 11.6. The minimum Gasteiger partial charge on any atom is -0.355 e. The van der Waals surface area contributed by atoms with Crippen molar-refractivity contribution in [1.29, 1.82) is 0 Å². The summed E-state index contributed by atoms with van der Waals surface area (Å²) in [7, 11) is 0. The Morgan fingerprint density at radius 2 is 2.50 bits per heavy atom. The van der Waals surface area contributed by atoms with Crippen molar-refractivity contribution in [1.82, 2.24) is 10.6 Å². The van der Waals surface area contributed by atoms with E-state index in [-0.39, 0.29) is 5.91 Å². The Labute approximate surface area is 108 Å². The van der Waals surface area contributed by atoms with Gasteiger partial charge >= 0.3 is 0 Å². The van der Waals surface area contributed by atoms with Crippen LogP contribution in [0.1, 0.15) is 23.3 Å². The van der Waals surface area contributed by atoms with Gasteiger partial charge in [0.15, 0.2) is 0 Å². The Hall–Kier alpha value is -0.390. The van der Waals surface area contributed by atoms with Crippen molar-refractivity contribution in [3.8, 4) is 0 Å². The van der Waals surface area contributed by atoms with Gasteiger partial charge < -0.3 is 10.6 Å². The lowest BCUT2D eigenvalue weighted by Crippen LogP contribution is -2.45. The van der Waals surface area contributed by atoms with Crippen LogP contribution in [-0.4, -0.2) is 18.5 Å². The molecule has 2 N–H and O–H groups in total. The van der Waals surface area contributed by atoms with E-state index in [0.717, 1.165) is 19.5 Å². The van der Waals surface area contributed by atoms with Gasteiger partial charge in [0.2, 0.25) is 5.91 Å². The molecule has 0 aliphatic carbocycles. The quantitative estimate of drug-likeness (QED) is 0.899. The van der Waals surface area contributed by atoms with Gasteiger partial charge in [-0.25, -0.2) is 0 Å². The normalized spacial score (nSPS) is 20.9. The maximum Gasteiger partial charge on any atom is 0.220 e. The maximum atomic E-state index is 11.0. The van der Waals surface area contributed by atoms with Crippen molar-refractivity contribution >= 4 is 33.2 Å². The number of nitrogens with one attached hydrogen (secondary N) is 2. The molecule has 0 saturated carbocycles. The first-order chi connectivity index (χ1) is 7.65. The van der Waals surface area contributed by atoms with Crippen molar-refractivity contribution < 1.29 is 4.79 Å². The second kappa shape index (κ2) is 5.29. The SMILES string of the molecule is Cc1cc(CNC2CCC(=O)NC2)sc1Br. The number of carbonyl (C=O) groups is 1. The first-order valence-corrected chi connectivity index (χ1v) is 7.01. The molecule has 2 heterocycles. The number of halogens is 1. The lowest BCUT2D eigenvalue weighted by molar-refractivity contribution is -0.122. The highest BCUT2D eigenvalue weighted by Gasteiger charge is 2.17. The number of rotatable bonds is 3. The van der Waals surface area contributed by atoms with Crippen molar-refractivity contribution in [2.75, 3.05) is 6.54 Å². The molecule has 5 heteroatoms. The van der Waals surface area contributed by atoms with Gasteiger partial charge in [-0.15, -0.1) is 11.3 Å². The minimum atomic E-state index is 0.174. The minimum absolute atomic E-state index is 0.174. The van der Waals surface area contributed by atoms with Gasteiger partial charge in [-0.3, -0.25) is 4.79 Å². The van der Waals surface area contributed by atoms with Crippen molar-refractivity contribution in [2.24, 2.45) is 0 Å². The van der Waals surface area contributed by atoms with Crippen LogP contribution in [0.4, 0.5) is 0 Å². The third-order valence-corrected chi connectivity index (χ3v) is 4.88. The molecule has 16 heavy (non-hydrogen) atoms. The van der Waals surface area contributed by atoms with E-state index < -0.39 is 0 Å². The van der Waals surface area contributed by atoms with E-state index in [4.69, 9.17) is 0 Å².